The first-order valence-electron chi connectivity index (χ1n) is 5.52. The van der Waals surface area contributed by atoms with Gasteiger partial charge in [-0.25, -0.2) is 0 Å². The normalized spacial score (nSPS) is 10.7. The smallest absolute Gasteiger partial charge is 0.264 e. The van der Waals surface area contributed by atoms with E-state index < -0.39 is 4.92 Å². The van der Waals surface area contributed by atoms with Gasteiger partial charge in [0.15, 0.2) is 0 Å². The summed E-state index contributed by atoms with van der Waals surface area (Å²) in [6.07, 6.45) is 0. The summed E-state index contributed by atoms with van der Waals surface area (Å²) < 4.78 is 2.75. The maximum absolute atomic E-state index is 10.8. The number of aryl methyl sites for hydroxylation is 1. The first-order chi connectivity index (χ1) is 8.90. The molecule has 0 bridgehead atoms. The lowest BCUT2D eigenvalue weighted by atomic mass is 10.2. The van der Waals surface area contributed by atoms with Crippen LogP contribution >= 0.6 is 27.5 Å². The first kappa shape index (κ1) is 14.0. The Balaban J connectivity index is 2.36. The van der Waals surface area contributed by atoms with Crippen LogP contribution in [0.2, 0.25) is 5.02 Å². The van der Waals surface area contributed by atoms with Crippen molar-refractivity contribution in [2.24, 2.45) is 0 Å². The summed E-state index contributed by atoms with van der Waals surface area (Å²) in [7, 11) is 0. The number of aromatic nitrogens is 2. The highest BCUT2D eigenvalue weighted by Gasteiger charge is 2.14. The SMILES string of the molecule is Cc1nn(Cc2ccc(Cl)c([N+](=O)[O-])c2)c(C)c1Br. The minimum absolute atomic E-state index is 0.0836. The van der Waals surface area contributed by atoms with E-state index in [9.17, 15) is 10.1 Å². The molecule has 0 aliphatic carbocycles. The molecule has 1 aromatic carbocycles. The molecule has 1 aromatic heterocycles. The van der Waals surface area contributed by atoms with Crippen LogP contribution in [0.3, 0.4) is 0 Å². The highest BCUT2D eigenvalue weighted by Crippen LogP contribution is 2.26. The van der Waals surface area contributed by atoms with Crippen molar-refractivity contribution < 1.29 is 4.92 Å². The predicted molar refractivity (Wildman–Crippen MR) is 76.6 cm³/mol. The monoisotopic (exact) mass is 343 g/mol. The molecule has 0 aliphatic heterocycles. The van der Waals surface area contributed by atoms with E-state index in [0.29, 0.717) is 6.54 Å². The quantitative estimate of drug-likeness (QED) is 0.627. The van der Waals surface area contributed by atoms with Gasteiger partial charge in [0.05, 0.1) is 27.3 Å². The second-order valence-electron chi connectivity index (χ2n) is 4.19. The summed E-state index contributed by atoms with van der Waals surface area (Å²) in [5, 5.41) is 15.4. The molecule has 100 valence electrons. The highest BCUT2D eigenvalue weighted by atomic mass is 79.9. The van der Waals surface area contributed by atoms with Crippen LogP contribution in [0.4, 0.5) is 5.69 Å². The minimum Gasteiger partial charge on any atom is -0.264 e. The summed E-state index contributed by atoms with van der Waals surface area (Å²) in [6, 6.07) is 4.78. The molecule has 7 heteroatoms. The Kier molecular flexibility index (Phi) is 3.91. The maximum atomic E-state index is 10.8. The van der Waals surface area contributed by atoms with E-state index in [2.05, 4.69) is 21.0 Å². The van der Waals surface area contributed by atoms with E-state index in [0.717, 1.165) is 21.4 Å². The molecule has 0 amide bonds. The third-order valence-corrected chi connectivity index (χ3v) is 4.30. The van der Waals surface area contributed by atoms with Gasteiger partial charge in [-0.05, 0) is 41.4 Å². The molecule has 0 saturated heterocycles. The highest BCUT2D eigenvalue weighted by molar-refractivity contribution is 9.10. The Hall–Kier alpha value is -1.40. The Labute approximate surface area is 123 Å². The van der Waals surface area contributed by atoms with Crippen molar-refractivity contribution in [1.29, 1.82) is 0 Å². The second kappa shape index (κ2) is 5.30. The lowest BCUT2D eigenvalue weighted by Gasteiger charge is -2.05. The van der Waals surface area contributed by atoms with Crippen LogP contribution in [0.1, 0.15) is 17.0 Å². The number of benzene rings is 1. The van der Waals surface area contributed by atoms with Crippen LogP contribution in [-0.2, 0) is 6.54 Å². The molecule has 5 nitrogen and oxygen atoms in total. The van der Waals surface area contributed by atoms with Gasteiger partial charge in [0, 0.05) is 6.07 Å². The van der Waals surface area contributed by atoms with Gasteiger partial charge in [0.25, 0.3) is 5.69 Å². The van der Waals surface area contributed by atoms with E-state index in [1.807, 2.05) is 13.8 Å². The standard InChI is InChI=1S/C12H11BrClN3O2/c1-7-12(13)8(2)16(15-7)6-9-3-4-10(14)11(5-9)17(18)19/h3-5H,6H2,1-2H3. The Morgan fingerprint density at radius 1 is 1.47 bits per heavy atom. The molecule has 0 N–H and O–H groups in total. The Bertz CT molecular complexity index is 655. The van der Waals surface area contributed by atoms with Gasteiger partial charge in [-0.2, -0.15) is 5.10 Å². The molecule has 0 fully saturated rings. The fourth-order valence-corrected chi connectivity index (χ4v) is 2.27. The van der Waals surface area contributed by atoms with Gasteiger partial charge in [0.2, 0.25) is 0 Å². The largest absolute Gasteiger partial charge is 0.288 e. The molecule has 0 saturated carbocycles. The summed E-state index contributed by atoms with van der Waals surface area (Å²) in [6.45, 7) is 4.31. The van der Waals surface area contributed by atoms with E-state index in [1.54, 1.807) is 10.7 Å². The van der Waals surface area contributed by atoms with Gasteiger partial charge < -0.3 is 0 Å². The van der Waals surface area contributed by atoms with Crippen LogP contribution in [0.5, 0.6) is 0 Å². The fourth-order valence-electron chi connectivity index (χ4n) is 1.80. The summed E-state index contributed by atoms with van der Waals surface area (Å²) in [4.78, 5) is 10.4. The fraction of sp³-hybridized carbons (Fsp3) is 0.250. The van der Waals surface area contributed by atoms with Gasteiger partial charge in [0.1, 0.15) is 5.02 Å². The lowest BCUT2D eigenvalue weighted by molar-refractivity contribution is -0.384. The zero-order valence-electron chi connectivity index (χ0n) is 10.4. The van der Waals surface area contributed by atoms with Gasteiger partial charge >= 0.3 is 0 Å². The third-order valence-electron chi connectivity index (χ3n) is 2.83. The molecule has 0 atom stereocenters. The van der Waals surface area contributed by atoms with E-state index in [1.165, 1.54) is 12.1 Å². The summed E-state index contributed by atoms with van der Waals surface area (Å²) in [5.74, 6) is 0. The van der Waals surface area contributed by atoms with E-state index in [4.69, 9.17) is 11.6 Å². The van der Waals surface area contributed by atoms with Crippen LogP contribution in [-0.4, -0.2) is 14.7 Å². The van der Waals surface area contributed by atoms with Crippen molar-refractivity contribution in [3.8, 4) is 0 Å². The minimum atomic E-state index is -0.483. The van der Waals surface area contributed by atoms with Crippen molar-refractivity contribution in [3.05, 3.63) is 54.8 Å². The average molecular weight is 345 g/mol. The zero-order chi connectivity index (χ0) is 14.2. The number of halogens is 2. The molecule has 1 heterocycles. The number of rotatable bonds is 3. The van der Waals surface area contributed by atoms with E-state index >= 15 is 0 Å². The number of hydrogen-bond acceptors (Lipinski definition) is 3. The number of nitro benzene ring substituents is 1. The Morgan fingerprint density at radius 3 is 2.68 bits per heavy atom. The molecule has 0 spiro atoms. The topological polar surface area (TPSA) is 61.0 Å². The van der Waals surface area contributed by atoms with Gasteiger partial charge in [-0.15, -0.1) is 0 Å². The second-order valence-corrected chi connectivity index (χ2v) is 5.39. The first-order valence-corrected chi connectivity index (χ1v) is 6.69. The van der Waals surface area contributed by atoms with Crippen molar-refractivity contribution in [2.45, 2.75) is 20.4 Å². The summed E-state index contributed by atoms with van der Waals surface area (Å²) >= 11 is 9.23. The van der Waals surface area contributed by atoms with Gasteiger partial charge in [-0.3, -0.25) is 14.8 Å². The van der Waals surface area contributed by atoms with Crippen LogP contribution in [0.25, 0.3) is 0 Å². The van der Waals surface area contributed by atoms with Crippen molar-refractivity contribution in [2.75, 3.05) is 0 Å². The molecule has 2 rings (SSSR count). The van der Waals surface area contributed by atoms with Gasteiger partial charge in [-0.1, -0.05) is 17.7 Å². The molecule has 2 aromatic rings. The van der Waals surface area contributed by atoms with Crippen molar-refractivity contribution in [1.82, 2.24) is 9.78 Å². The molecule has 0 radical (unpaired) electrons. The Morgan fingerprint density at radius 2 is 2.16 bits per heavy atom. The lowest BCUT2D eigenvalue weighted by Crippen LogP contribution is -2.04. The average Bonchev–Trinajstić information content (AvgIpc) is 2.59. The third kappa shape index (κ3) is 2.79. The number of nitro groups is 1. The predicted octanol–water partition coefficient (Wildman–Crippen LogP) is 3.87. The molecule has 19 heavy (non-hydrogen) atoms. The van der Waals surface area contributed by atoms with Crippen molar-refractivity contribution in [3.63, 3.8) is 0 Å². The number of nitrogens with zero attached hydrogens (tertiary/aromatic N) is 3. The molecular formula is C12H11BrClN3O2. The van der Waals surface area contributed by atoms with Crippen LogP contribution < -0.4 is 0 Å². The molecule has 0 aliphatic rings. The van der Waals surface area contributed by atoms with E-state index in [-0.39, 0.29) is 10.7 Å². The number of hydrogen-bond donors (Lipinski definition) is 0. The van der Waals surface area contributed by atoms with Crippen LogP contribution in [0, 0.1) is 24.0 Å². The summed E-state index contributed by atoms with van der Waals surface area (Å²) in [5.41, 5.74) is 2.57. The zero-order valence-corrected chi connectivity index (χ0v) is 12.7. The van der Waals surface area contributed by atoms with Crippen molar-refractivity contribution >= 4 is 33.2 Å². The van der Waals surface area contributed by atoms with Crippen LogP contribution in [0.15, 0.2) is 22.7 Å². The molecule has 0 unspecified atom stereocenters. The maximum Gasteiger partial charge on any atom is 0.288 e. The molecular weight excluding hydrogens is 334 g/mol.